The van der Waals surface area contributed by atoms with E-state index in [4.69, 9.17) is 28.8 Å². The molecule has 0 spiro atoms. The number of benzene rings is 1. The normalized spacial score (nSPS) is 10.8. The summed E-state index contributed by atoms with van der Waals surface area (Å²) in [6.07, 6.45) is 16.7. The highest BCUT2D eigenvalue weighted by Gasteiger charge is 2.16. The van der Waals surface area contributed by atoms with Gasteiger partial charge in [0.1, 0.15) is 17.1 Å². The molecule has 1 aromatic rings. The van der Waals surface area contributed by atoms with Gasteiger partial charge in [-0.25, -0.2) is 4.79 Å². The smallest absolute Gasteiger partial charge is 0.342 e. The lowest BCUT2D eigenvalue weighted by molar-refractivity contribution is -0.150. The number of hydrogen-bond acceptors (Lipinski definition) is 9. The van der Waals surface area contributed by atoms with Crippen molar-refractivity contribution >= 4 is 17.9 Å². The van der Waals surface area contributed by atoms with Gasteiger partial charge in [0.2, 0.25) is 0 Å². The van der Waals surface area contributed by atoms with Crippen LogP contribution >= 0.6 is 0 Å². The Balaban J connectivity index is 2.33. The summed E-state index contributed by atoms with van der Waals surface area (Å²) in [6.45, 7) is 6.62. The Labute approximate surface area is 271 Å². The van der Waals surface area contributed by atoms with Gasteiger partial charge in [-0.1, -0.05) is 78.1 Å². The quantitative estimate of drug-likeness (QED) is 0.0507. The molecule has 0 atom stereocenters. The largest absolute Gasteiger partial charge is 0.494 e. The summed E-state index contributed by atoms with van der Waals surface area (Å²) in [4.78, 5) is 36.3. The van der Waals surface area contributed by atoms with Crippen molar-refractivity contribution in [3.8, 4) is 11.5 Å². The van der Waals surface area contributed by atoms with Crippen LogP contribution in [-0.2, 0) is 23.8 Å². The topological polar surface area (TPSA) is 118 Å². The molecule has 0 aliphatic carbocycles. The van der Waals surface area contributed by atoms with E-state index < -0.39 is 5.97 Å². The van der Waals surface area contributed by atoms with Crippen LogP contribution in [0.2, 0.25) is 0 Å². The molecule has 0 aliphatic heterocycles. The standard InChI is InChI=1S/C36H60O9/c1-3-5-7-11-16-26-41-31-20-21-33(32(30-31)36(40)45-29-19-14-10-15-24-37)42-27-17-12-8-9-13-18-28-44-35(39)23-22-34(38)43-25-6-4-2/h20-21,30,37H,3-19,22-29H2,1-2H3. The van der Waals surface area contributed by atoms with E-state index in [1.54, 1.807) is 12.1 Å². The van der Waals surface area contributed by atoms with Crippen LogP contribution in [0.5, 0.6) is 11.5 Å². The van der Waals surface area contributed by atoms with Gasteiger partial charge >= 0.3 is 17.9 Å². The summed E-state index contributed by atoms with van der Waals surface area (Å²) in [6, 6.07) is 5.36. The Bertz CT molecular complexity index is 903. The lowest BCUT2D eigenvalue weighted by Gasteiger charge is -2.14. The molecule has 0 heterocycles. The Morgan fingerprint density at radius 2 is 1.04 bits per heavy atom. The zero-order valence-corrected chi connectivity index (χ0v) is 28.1. The van der Waals surface area contributed by atoms with Crippen LogP contribution in [0, 0.1) is 0 Å². The molecule has 0 aromatic heterocycles. The van der Waals surface area contributed by atoms with E-state index in [1.165, 1.54) is 19.3 Å². The van der Waals surface area contributed by atoms with Crippen molar-refractivity contribution in [2.24, 2.45) is 0 Å². The number of hydrogen-bond donors (Lipinski definition) is 1. The van der Waals surface area contributed by atoms with Crippen molar-refractivity contribution in [2.45, 2.75) is 136 Å². The second-order valence-corrected chi connectivity index (χ2v) is 11.5. The lowest BCUT2D eigenvalue weighted by Crippen LogP contribution is -2.11. The number of esters is 3. The summed E-state index contributed by atoms with van der Waals surface area (Å²) >= 11 is 0. The van der Waals surface area contributed by atoms with Crippen LogP contribution in [0.4, 0.5) is 0 Å². The van der Waals surface area contributed by atoms with E-state index in [-0.39, 0.29) is 31.4 Å². The predicted molar refractivity (Wildman–Crippen MR) is 176 cm³/mol. The maximum Gasteiger partial charge on any atom is 0.342 e. The molecule has 0 bridgehead atoms. The predicted octanol–water partition coefficient (Wildman–Crippen LogP) is 8.13. The van der Waals surface area contributed by atoms with Gasteiger partial charge in [0.05, 0.1) is 45.9 Å². The van der Waals surface area contributed by atoms with Crippen molar-refractivity contribution in [3.63, 3.8) is 0 Å². The van der Waals surface area contributed by atoms with Gasteiger partial charge in [-0.3, -0.25) is 9.59 Å². The first-order chi connectivity index (χ1) is 22.0. The van der Waals surface area contributed by atoms with Crippen LogP contribution < -0.4 is 9.47 Å². The molecule has 0 unspecified atom stereocenters. The fourth-order valence-electron chi connectivity index (χ4n) is 4.55. The van der Waals surface area contributed by atoms with Crippen LogP contribution in [-0.4, -0.2) is 62.7 Å². The van der Waals surface area contributed by atoms with Crippen molar-refractivity contribution in [1.82, 2.24) is 0 Å². The number of rotatable bonds is 30. The second kappa shape index (κ2) is 28.6. The highest BCUT2D eigenvalue weighted by atomic mass is 16.5. The highest BCUT2D eigenvalue weighted by Crippen LogP contribution is 2.26. The minimum absolute atomic E-state index is 0.0602. The fraction of sp³-hybridized carbons (Fsp3) is 0.750. The zero-order chi connectivity index (χ0) is 32.8. The summed E-state index contributed by atoms with van der Waals surface area (Å²) in [5.41, 5.74) is 0.386. The van der Waals surface area contributed by atoms with Crippen LogP contribution in [0.25, 0.3) is 0 Å². The van der Waals surface area contributed by atoms with Crippen LogP contribution in [0.3, 0.4) is 0 Å². The highest BCUT2D eigenvalue weighted by molar-refractivity contribution is 5.93. The first-order valence-electron chi connectivity index (χ1n) is 17.5. The molecule has 0 fully saturated rings. The van der Waals surface area contributed by atoms with Crippen molar-refractivity contribution in [1.29, 1.82) is 0 Å². The van der Waals surface area contributed by atoms with E-state index >= 15 is 0 Å². The molecule has 9 heteroatoms. The van der Waals surface area contributed by atoms with Crippen molar-refractivity contribution in [2.75, 3.05) is 39.6 Å². The Hall–Kier alpha value is -2.81. The average molecular weight is 637 g/mol. The minimum atomic E-state index is -0.409. The maximum absolute atomic E-state index is 12.9. The third-order valence-corrected chi connectivity index (χ3v) is 7.33. The van der Waals surface area contributed by atoms with Crippen molar-refractivity contribution < 1.29 is 43.2 Å². The summed E-state index contributed by atoms with van der Waals surface area (Å²) in [5, 5.41) is 8.92. The Kier molecular flexibility index (Phi) is 25.6. The molecule has 0 saturated carbocycles. The number of unbranched alkanes of at least 4 members (excludes halogenated alkanes) is 13. The van der Waals surface area contributed by atoms with Gasteiger partial charge in [0.25, 0.3) is 0 Å². The van der Waals surface area contributed by atoms with Gasteiger partial charge < -0.3 is 28.8 Å². The van der Waals surface area contributed by atoms with Gasteiger partial charge in [0.15, 0.2) is 0 Å². The molecule has 9 nitrogen and oxygen atoms in total. The first-order valence-corrected chi connectivity index (χ1v) is 17.5. The van der Waals surface area contributed by atoms with Gasteiger partial charge in [-0.15, -0.1) is 0 Å². The van der Waals surface area contributed by atoms with Crippen LogP contribution in [0.1, 0.15) is 146 Å². The molecule has 1 N–H and O–H groups in total. The molecule has 0 saturated heterocycles. The average Bonchev–Trinajstić information content (AvgIpc) is 3.04. The number of aliphatic hydroxyl groups is 1. The monoisotopic (exact) mass is 636 g/mol. The van der Waals surface area contributed by atoms with E-state index in [9.17, 15) is 14.4 Å². The van der Waals surface area contributed by atoms with E-state index in [1.807, 2.05) is 13.0 Å². The molecule has 1 aromatic carbocycles. The number of carbonyl (C=O) groups is 3. The minimum Gasteiger partial charge on any atom is -0.494 e. The zero-order valence-electron chi connectivity index (χ0n) is 28.1. The molecule has 0 radical (unpaired) electrons. The molecular weight excluding hydrogens is 576 g/mol. The number of ether oxygens (including phenoxy) is 5. The third-order valence-electron chi connectivity index (χ3n) is 7.33. The number of aliphatic hydroxyl groups excluding tert-OH is 1. The number of carbonyl (C=O) groups excluding carboxylic acids is 3. The Morgan fingerprint density at radius 3 is 1.64 bits per heavy atom. The summed E-state index contributed by atoms with van der Waals surface area (Å²) in [7, 11) is 0. The molecule has 45 heavy (non-hydrogen) atoms. The summed E-state index contributed by atoms with van der Waals surface area (Å²) < 4.78 is 27.7. The SMILES string of the molecule is CCCCCCCOc1ccc(OCCCCCCCCOC(=O)CCC(=O)OCCCC)c(C(=O)OCCCCCCO)c1. The summed E-state index contributed by atoms with van der Waals surface area (Å²) in [5.74, 6) is 0.0299. The molecular formula is C36H60O9. The van der Waals surface area contributed by atoms with Gasteiger partial charge in [-0.05, 0) is 63.1 Å². The third kappa shape index (κ3) is 22.4. The molecule has 0 amide bonds. The van der Waals surface area contributed by atoms with Crippen molar-refractivity contribution in [3.05, 3.63) is 23.8 Å². The molecule has 258 valence electrons. The molecule has 1 rings (SSSR count). The lowest BCUT2D eigenvalue weighted by atomic mass is 10.1. The van der Waals surface area contributed by atoms with E-state index in [0.717, 1.165) is 89.9 Å². The fourth-order valence-corrected chi connectivity index (χ4v) is 4.55. The van der Waals surface area contributed by atoms with Gasteiger partial charge in [-0.2, -0.15) is 0 Å². The second-order valence-electron chi connectivity index (χ2n) is 11.5. The van der Waals surface area contributed by atoms with Gasteiger partial charge in [0, 0.05) is 6.61 Å². The molecule has 0 aliphatic rings. The van der Waals surface area contributed by atoms with Crippen LogP contribution in [0.15, 0.2) is 18.2 Å². The first kappa shape index (κ1) is 40.2. The maximum atomic E-state index is 12.9. The van der Waals surface area contributed by atoms with E-state index in [0.29, 0.717) is 50.1 Å². The Morgan fingerprint density at radius 1 is 0.556 bits per heavy atom. The van der Waals surface area contributed by atoms with E-state index in [2.05, 4.69) is 6.92 Å².